The van der Waals surface area contributed by atoms with Crippen LogP contribution in [0.1, 0.15) is 49.4 Å². The molecule has 0 atom stereocenters. The second-order valence-electron chi connectivity index (χ2n) is 6.86. The maximum absolute atomic E-state index is 12.8. The fourth-order valence-electron chi connectivity index (χ4n) is 2.70. The number of ether oxygens (including phenoxy) is 2. The summed E-state index contributed by atoms with van der Waals surface area (Å²) in [6.07, 6.45) is -0.401. The number of nitrogens with zero attached hydrogens (tertiary/aromatic N) is 3. The van der Waals surface area contributed by atoms with Gasteiger partial charge in [-0.2, -0.15) is 9.64 Å². The highest BCUT2D eigenvalue weighted by atomic mass is 16.6. The first-order chi connectivity index (χ1) is 11.7. The molecule has 2 rings (SSSR count). The number of aromatic nitrogens is 2. The van der Waals surface area contributed by atoms with E-state index in [2.05, 4.69) is 5.43 Å². The smallest absolute Gasteiger partial charge is 0.524 e. The van der Waals surface area contributed by atoms with Crippen molar-refractivity contribution in [2.75, 3.05) is 31.7 Å². The second kappa shape index (κ2) is 7.30. The first kappa shape index (κ1) is 19.0. The summed E-state index contributed by atoms with van der Waals surface area (Å²) in [5, 5.41) is 12.5. The Morgan fingerprint density at radius 3 is 2.44 bits per heavy atom. The largest absolute Gasteiger partial charge is 0.692 e. The summed E-state index contributed by atoms with van der Waals surface area (Å²) >= 11 is 0. The molecule has 0 aliphatic carbocycles. The highest BCUT2D eigenvalue weighted by Gasteiger charge is 2.31. The summed E-state index contributed by atoms with van der Waals surface area (Å²) < 4.78 is 10.4. The Labute approximate surface area is 147 Å². The molecule has 2 amide bonds. The average Bonchev–Trinajstić information content (AvgIpc) is 2.77. The topological polar surface area (TPSA) is 99.7 Å². The van der Waals surface area contributed by atoms with Crippen molar-refractivity contribution in [3.05, 3.63) is 22.2 Å². The van der Waals surface area contributed by atoms with E-state index in [-0.39, 0.29) is 5.91 Å². The van der Waals surface area contributed by atoms with Crippen molar-refractivity contribution in [3.63, 3.8) is 0 Å². The lowest BCUT2D eigenvalue weighted by atomic mass is 10.1. The molecule has 1 N–H and O–H groups in total. The number of rotatable bonds is 3. The van der Waals surface area contributed by atoms with E-state index in [4.69, 9.17) is 9.47 Å². The van der Waals surface area contributed by atoms with E-state index >= 15 is 0 Å². The molecule has 9 heteroatoms. The first-order valence-corrected chi connectivity index (χ1v) is 8.36. The number of amides is 2. The van der Waals surface area contributed by atoms with Gasteiger partial charge >= 0.3 is 6.09 Å². The minimum atomic E-state index is -0.761. The number of carbonyl (C=O) groups excluding carboxylic acids is 2. The number of carbonyl (C=O) groups is 2. The lowest BCUT2D eigenvalue weighted by Gasteiger charge is -2.26. The molecule has 0 aromatic carbocycles. The Morgan fingerprint density at radius 1 is 1.32 bits per heavy atom. The van der Waals surface area contributed by atoms with Gasteiger partial charge in [-0.3, -0.25) is 4.79 Å². The van der Waals surface area contributed by atoms with Crippen LogP contribution in [0.5, 0.6) is 0 Å². The second-order valence-corrected chi connectivity index (χ2v) is 6.86. The quantitative estimate of drug-likeness (QED) is 0.643. The van der Waals surface area contributed by atoms with Gasteiger partial charge in [0, 0.05) is 19.5 Å². The van der Waals surface area contributed by atoms with Crippen LogP contribution in [-0.4, -0.2) is 53.6 Å². The van der Waals surface area contributed by atoms with Crippen molar-refractivity contribution >= 4 is 12.0 Å². The van der Waals surface area contributed by atoms with Crippen molar-refractivity contribution in [2.45, 2.75) is 46.6 Å². The van der Waals surface area contributed by atoms with Crippen molar-refractivity contribution in [1.82, 2.24) is 9.69 Å². The standard InChI is InChI=1S/C16H26N4O5/c1-6-12-13(14(21)18-7-9-24-10-8-18)11(2)19(20(12)23)17-15(22)25-16(3,4)5/h6-10H2,1-5H3,(H,17,22). The monoisotopic (exact) mass is 354 g/mol. The van der Waals surface area contributed by atoms with Gasteiger partial charge in [-0.1, -0.05) is 17.1 Å². The summed E-state index contributed by atoms with van der Waals surface area (Å²) in [6.45, 7) is 10.5. The van der Waals surface area contributed by atoms with E-state index in [1.165, 1.54) is 0 Å². The molecule has 0 saturated carbocycles. The van der Waals surface area contributed by atoms with E-state index < -0.39 is 11.7 Å². The van der Waals surface area contributed by atoms with Crippen LogP contribution < -0.4 is 10.3 Å². The zero-order chi connectivity index (χ0) is 18.8. The summed E-state index contributed by atoms with van der Waals surface area (Å²) in [4.78, 5) is 28.0. The molecule has 1 aliphatic rings. The van der Waals surface area contributed by atoms with Gasteiger partial charge in [0.05, 0.1) is 13.2 Å². The van der Waals surface area contributed by atoms with E-state index in [1.807, 2.05) is 0 Å². The molecule has 2 heterocycles. The van der Waals surface area contributed by atoms with Crippen molar-refractivity contribution in [1.29, 1.82) is 0 Å². The lowest BCUT2D eigenvalue weighted by molar-refractivity contribution is -0.695. The third kappa shape index (κ3) is 4.22. The Balaban J connectivity index is 2.32. The fraction of sp³-hybridized carbons (Fsp3) is 0.688. The molecule has 0 unspecified atom stereocenters. The molecule has 0 bridgehead atoms. The molecule has 9 nitrogen and oxygen atoms in total. The first-order valence-electron chi connectivity index (χ1n) is 8.36. The molecular weight excluding hydrogens is 328 g/mol. The molecule has 1 saturated heterocycles. The molecule has 1 aromatic rings. The predicted molar refractivity (Wildman–Crippen MR) is 89.8 cm³/mol. The zero-order valence-electron chi connectivity index (χ0n) is 15.4. The van der Waals surface area contributed by atoms with Gasteiger partial charge in [0.2, 0.25) is 0 Å². The highest BCUT2D eigenvalue weighted by molar-refractivity contribution is 5.96. The van der Waals surface area contributed by atoms with Crippen LogP contribution in [0.3, 0.4) is 0 Å². The fourth-order valence-corrected chi connectivity index (χ4v) is 2.70. The Hall–Kier alpha value is -2.29. The molecule has 25 heavy (non-hydrogen) atoms. The van der Waals surface area contributed by atoms with Gasteiger partial charge in [-0.05, 0) is 27.7 Å². The zero-order valence-corrected chi connectivity index (χ0v) is 15.4. The van der Waals surface area contributed by atoms with Crippen LogP contribution in [-0.2, 0) is 15.9 Å². The third-order valence-electron chi connectivity index (χ3n) is 3.82. The maximum Gasteiger partial charge on any atom is 0.524 e. The minimum Gasteiger partial charge on any atom is -0.692 e. The minimum absolute atomic E-state index is 0.230. The molecule has 0 radical (unpaired) electrons. The van der Waals surface area contributed by atoms with Crippen molar-refractivity contribution < 1.29 is 23.9 Å². The normalized spacial score (nSPS) is 15.2. The molecule has 1 aliphatic heterocycles. The van der Waals surface area contributed by atoms with Crippen molar-refractivity contribution in [2.24, 2.45) is 0 Å². The Bertz CT molecular complexity index is 656. The van der Waals surface area contributed by atoms with E-state index in [0.717, 1.165) is 4.79 Å². The predicted octanol–water partition coefficient (Wildman–Crippen LogP) is 0.943. The van der Waals surface area contributed by atoms with E-state index in [0.29, 0.717) is 54.5 Å². The van der Waals surface area contributed by atoms with Gasteiger partial charge in [-0.25, -0.2) is 0 Å². The van der Waals surface area contributed by atoms with Gasteiger partial charge in [-0.15, -0.1) is 0 Å². The average molecular weight is 354 g/mol. The summed E-state index contributed by atoms with van der Waals surface area (Å²) in [6, 6.07) is 0. The summed E-state index contributed by atoms with van der Waals surface area (Å²) in [5.74, 6) is -0.230. The Morgan fingerprint density at radius 2 is 1.92 bits per heavy atom. The summed E-state index contributed by atoms with van der Waals surface area (Å²) in [5.41, 5.74) is 2.70. The van der Waals surface area contributed by atoms with Crippen LogP contribution in [0.15, 0.2) is 0 Å². The van der Waals surface area contributed by atoms with Gasteiger partial charge in [0.25, 0.3) is 5.91 Å². The van der Waals surface area contributed by atoms with Gasteiger partial charge in [0.1, 0.15) is 22.6 Å². The number of morpholine rings is 1. The molecule has 1 aromatic heterocycles. The lowest BCUT2D eigenvalue weighted by Crippen LogP contribution is -2.48. The molecule has 140 valence electrons. The maximum atomic E-state index is 12.8. The summed E-state index contributed by atoms with van der Waals surface area (Å²) in [7, 11) is 0. The SMILES string of the molecule is CCc1c(C(=O)N2CCOCC2)c(C)n(NC(=O)OC(C)(C)C)[n+]1[O-]. The number of hydrogen-bond donors (Lipinski definition) is 1. The van der Waals surface area contributed by atoms with Gasteiger partial charge in [0.15, 0.2) is 0 Å². The van der Waals surface area contributed by atoms with Gasteiger partial charge < -0.3 is 19.6 Å². The third-order valence-corrected chi connectivity index (χ3v) is 3.82. The van der Waals surface area contributed by atoms with Crippen LogP contribution in [0.2, 0.25) is 0 Å². The van der Waals surface area contributed by atoms with Crippen LogP contribution >= 0.6 is 0 Å². The van der Waals surface area contributed by atoms with Crippen LogP contribution in [0.25, 0.3) is 0 Å². The van der Waals surface area contributed by atoms with Crippen LogP contribution in [0, 0.1) is 12.1 Å². The Kier molecular flexibility index (Phi) is 5.56. The van der Waals surface area contributed by atoms with Crippen molar-refractivity contribution in [3.8, 4) is 0 Å². The van der Waals surface area contributed by atoms with E-state index in [9.17, 15) is 14.8 Å². The molecular formula is C16H26N4O5. The number of hydrogen-bond acceptors (Lipinski definition) is 5. The number of nitrogens with one attached hydrogen (secondary N) is 1. The van der Waals surface area contributed by atoms with E-state index in [1.54, 1.807) is 39.5 Å². The highest BCUT2D eigenvalue weighted by Crippen LogP contribution is 2.16. The molecule has 0 spiro atoms. The molecule has 1 fully saturated rings. The van der Waals surface area contributed by atoms with Crippen LogP contribution in [0.4, 0.5) is 4.79 Å².